The first kappa shape index (κ1) is 17.8. The predicted octanol–water partition coefficient (Wildman–Crippen LogP) is 2.68. The summed E-state index contributed by atoms with van der Waals surface area (Å²) < 4.78 is 0. The lowest BCUT2D eigenvalue weighted by molar-refractivity contribution is 0.134. The Morgan fingerprint density at radius 1 is 1.22 bits per heavy atom. The molecule has 0 spiro atoms. The zero-order valence-corrected chi connectivity index (χ0v) is 14.7. The van der Waals surface area contributed by atoms with Crippen molar-refractivity contribution in [3.8, 4) is 0 Å². The van der Waals surface area contributed by atoms with Gasteiger partial charge < -0.3 is 15.7 Å². The molecule has 1 aromatic carbocycles. The van der Waals surface area contributed by atoms with Crippen molar-refractivity contribution in [3.63, 3.8) is 0 Å². The molecule has 23 heavy (non-hydrogen) atoms. The SMILES string of the molecule is CCNC(=NCC(C)(C)c1ccccc1)NCC1CCCC1O. The molecule has 2 unspecified atom stereocenters. The van der Waals surface area contributed by atoms with E-state index in [0.717, 1.165) is 44.9 Å². The first-order valence-corrected chi connectivity index (χ1v) is 8.78. The monoisotopic (exact) mass is 317 g/mol. The number of nitrogens with one attached hydrogen (secondary N) is 2. The minimum absolute atomic E-state index is 0.00349. The molecular weight excluding hydrogens is 286 g/mol. The van der Waals surface area contributed by atoms with Crippen LogP contribution in [-0.2, 0) is 5.41 Å². The normalized spacial score (nSPS) is 22.2. The Labute approximate surface area is 140 Å². The fourth-order valence-corrected chi connectivity index (χ4v) is 3.08. The van der Waals surface area contributed by atoms with Crippen LogP contribution in [0.4, 0.5) is 0 Å². The maximum atomic E-state index is 9.94. The molecule has 4 nitrogen and oxygen atoms in total. The van der Waals surface area contributed by atoms with Gasteiger partial charge in [0.2, 0.25) is 0 Å². The predicted molar refractivity (Wildman–Crippen MR) is 96.8 cm³/mol. The summed E-state index contributed by atoms with van der Waals surface area (Å²) in [5, 5.41) is 16.6. The average molecular weight is 317 g/mol. The highest BCUT2D eigenvalue weighted by molar-refractivity contribution is 5.79. The number of aliphatic hydroxyl groups excluding tert-OH is 1. The van der Waals surface area contributed by atoms with Gasteiger partial charge in [0.1, 0.15) is 0 Å². The summed E-state index contributed by atoms with van der Waals surface area (Å²) in [6.45, 7) is 8.86. The number of guanidine groups is 1. The summed E-state index contributed by atoms with van der Waals surface area (Å²) in [6.07, 6.45) is 3.00. The van der Waals surface area contributed by atoms with Gasteiger partial charge in [0.15, 0.2) is 5.96 Å². The Bertz CT molecular complexity index is 499. The molecule has 0 heterocycles. The number of hydrogen-bond acceptors (Lipinski definition) is 2. The molecule has 0 radical (unpaired) electrons. The molecule has 3 N–H and O–H groups in total. The molecule has 1 aliphatic rings. The second-order valence-corrected chi connectivity index (χ2v) is 7.08. The molecule has 0 amide bonds. The second-order valence-electron chi connectivity index (χ2n) is 7.08. The quantitative estimate of drug-likeness (QED) is 0.558. The molecule has 2 atom stereocenters. The Hall–Kier alpha value is -1.55. The minimum atomic E-state index is -0.161. The number of aliphatic imine (C=N–C) groups is 1. The van der Waals surface area contributed by atoms with E-state index >= 15 is 0 Å². The summed E-state index contributed by atoms with van der Waals surface area (Å²) >= 11 is 0. The van der Waals surface area contributed by atoms with E-state index in [2.05, 4.69) is 55.7 Å². The van der Waals surface area contributed by atoms with Crippen LogP contribution in [-0.4, -0.2) is 36.8 Å². The largest absolute Gasteiger partial charge is 0.393 e. The number of benzene rings is 1. The van der Waals surface area contributed by atoms with Crippen molar-refractivity contribution in [2.24, 2.45) is 10.9 Å². The van der Waals surface area contributed by atoms with Crippen molar-refractivity contribution in [3.05, 3.63) is 35.9 Å². The number of nitrogens with zero attached hydrogens (tertiary/aromatic N) is 1. The maximum absolute atomic E-state index is 9.94. The van der Waals surface area contributed by atoms with Gasteiger partial charge in [0, 0.05) is 24.4 Å². The van der Waals surface area contributed by atoms with Crippen LogP contribution in [0.3, 0.4) is 0 Å². The van der Waals surface area contributed by atoms with Crippen molar-refractivity contribution < 1.29 is 5.11 Å². The smallest absolute Gasteiger partial charge is 0.191 e. The van der Waals surface area contributed by atoms with Crippen LogP contribution in [0.2, 0.25) is 0 Å². The number of aliphatic hydroxyl groups is 1. The lowest BCUT2D eigenvalue weighted by Gasteiger charge is -2.24. The van der Waals surface area contributed by atoms with Crippen molar-refractivity contribution in [2.45, 2.75) is 51.6 Å². The molecule has 1 aliphatic carbocycles. The average Bonchev–Trinajstić information content (AvgIpc) is 2.96. The second kappa shape index (κ2) is 8.34. The lowest BCUT2D eigenvalue weighted by Crippen LogP contribution is -2.41. The van der Waals surface area contributed by atoms with E-state index in [1.54, 1.807) is 0 Å². The third-order valence-corrected chi connectivity index (χ3v) is 4.68. The molecule has 1 aromatic rings. The Balaban J connectivity index is 1.95. The molecular formula is C19H31N3O. The summed E-state index contributed by atoms with van der Waals surface area (Å²) in [5.74, 6) is 1.19. The van der Waals surface area contributed by atoms with Crippen LogP contribution in [0, 0.1) is 5.92 Å². The van der Waals surface area contributed by atoms with Gasteiger partial charge in [-0.15, -0.1) is 0 Å². The van der Waals surface area contributed by atoms with Crippen molar-refractivity contribution >= 4 is 5.96 Å². The lowest BCUT2D eigenvalue weighted by atomic mass is 9.85. The van der Waals surface area contributed by atoms with Crippen molar-refractivity contribution in [1.82, 2.24) is 10.6 Å². The zero-order valence-electron chi connectivity index (χ0n) is 14.7. The Kier molecular flexibility index (Phi) is 6.46. The third kappa shape index (κ3) is 5.24. The van der Waals surface area contributed by atoms with Crippen molar-refractivity contribution in [2.75, 3.05) is 19.6 Å². The first-order valence-electron chi connectivity index (χ1n) is 8.78. The first-order chi connectivity index (χ1) is 11.0. The van der Waals surface area contributed by atoms with Gasteiger partial charge in [-0.3, -0.25) is 4.99 Å². The van der Waals surface area contributed by atoms with E-state index in [1.165, 1.54) is 5.56 Å². The topological polar surface area (TPSA) is 56.7 Å². The molecule has 2 rings (SSSR count). The van der Waals surface area contributed by atoms with E-state index < -0.39 is 0 Å². The molecule has 4 heteroatoms. The molecule has 0 aliphatic heterocycles. The molecule has 0 saturated heterocycles. The minimum Gasteiger partial charge on any atom is -0.393 e. The number of rotatable bonds is 6. The van der Waals surface area contributed by atoms with Gasteiger partial charge in [-0.25, -0.2) is 0 Å². The van der Waals surface area contributed by atoms with Gasteiger partial charge in [-0.05, 0) is 25.3 Å². The highest BCUT2D eigenvalue weighted by Gasteiger charge is 2.25. The Morgan fingerprint density at radius 3 is 2.57 bits per heavy atom. The van der Waals surface area contributed by atoms with Crippen LogP contribution >= 0.6 is 0 Å². The van der Waals surface area contributed by atoms with Crippen LogP contribution in [0.25, 0.3) is 0 Å². The number of hydrogen-bond donors (Lipinski definition) is 3. The fraction of sp³-hybridized carbons (Fsp3) is 0.632. The molecule has 1 fully saturated rings. The van der Waals surface area contributed by atoms with E-state index in [9.17, 15) is 5.11 Å². The maximum Gasteiger partial charge on any atom is 0.191 e. The van der Waals surface area contributed by atoms with Crippen LogP contribution < -0.4 is 10.6 Å². The summed E-state index contributed by atoms with van der Waals surface area (Å²) in [7, 11) is 0. The van der Waals surface area contributed by atoms with Crippen molar-refractivity contribution in [1.29, 1.82) is 0 Å². The van der Waals surface area contributed by atoms with Crippen LogP contribution in [0.15, 0.2) is 35.3 Å². The van der Waals surface area contributed by atoms with Crippen LogP contribution in [0.5, 0.6) is 0 Å². The van der Waals surface area contributed by atoms with Gasteiger partial charge in [0.25, 0.3) is 0 Å². The molecule has 128 valence electrons. The highest BCUT2D eigenvalue weighted by atomic mass is 16.3. The summed E-state index contributed by atoms with van der Waals surface area (Å²) in [4.78, 5) is 4.76. The van der Waals surface area contributed by atoms with E-state index in [1.807, 2.05) is 6.07 Å². The summed E-state index contributed by atoms with van der Waals surface area (Å²) in [5.41, 5.74) is 1.29. The highest BCUT2D eigenvalue weighted by Crippen LogP contribution is 2.25. The Morgan fingerprint density at radius 2 is 1.96 bits per heavy atom. The van der Waals surface area contributed by atoms with E-state index in [4.69, 9.17) is 4.99 Å². The third-order valence-electron chi connectivity index (χ3n) is 4.68. The molecule has 0 bridgehead atoms. The fourth-order valence-electron chi connectivity index (χ4n) is 3.08. The van der Waals surface area contributed by atoms with Gasteiger partial charge in [-0.2, -0.15) is 0 Å². The van der Waals surface area contributed by atoms with Gasteiger partial charge in [-0.1, -0.05) is 50.6 Å². The van der Waals surface area contributed by atoms with Crippen LogP contribution in [0.1, 0.15) is 45.6 Å². The van der Waals surface area contributed by atoms with Gasteiger partial charge in [0.05, 0.1) is 12.6 Å². The van der Waals surface area contributed by atoms with E-state index in [-0.39, 0.29) is 11.5 Å². The van der Waals surface area contributed by atoms with E-state index in [0.29, 0.717) is 5.92 Å². The molecule has 0 aromatic heterocycles. The standard InChI is InChI=1S/C19H31N3O/c1-4-20-18(21-13-15-9-8-12-17(15)23)22-14-19(2,3)16-10-6-5-7-11-16/h5-7,10-11,15,17,23H,4,8-9,12-14H2,1-3H3,(H2,20,21,22). The van der Waals surface area contributed by atoms with Gasteiger partial charge >= 0.3 is 0 Å². The summed E-state index contributed by atoms with van der Waals surface area (Å²) in [6, 6.07) is 10.5. The zero-order chi connectivity index (χ0) is 16.7. The molecule has 1 saturated carbocycles.